The van der Waals surface area contributed by atoms with Crippen molar-refractivity contribution in [3.8, 4) is 5.75 Å². The Kier molecular flexibility index (Phi) is 6.19. The highest BCUT2D eigenvalue weighted by atomic mass is 32.2. The molecule has 0 saturated carbocycles. The van der Waals surface area contributed by atoms with Gasteiger partial charge in [0.2, 0.25) is 0 Å². The molecule has 9 heteroatoms. The smallest absolute Gasteiger partial charge is 0.318 e. The minimum Gasteiger partial charge on any atom is -0.507 e. The van der Waals surface area contributed by atoms with E-state index in [2.05, 4.69) is 0 Å². The molecule has 2 aromatic rings. The van der Waals surface area contributed by atoms with Crippen LogP contribution in [0.5, 0.6) is 5.75 Å². The van der Waals surface area contributed by atoms with Crippen LogP contribution < -0.4 is 5.56 Å². The maximum absolute atomic E-state index is 12.3. The lowest BCUT2D eigenvalue weighted by Gasteiger charge is -2.07. The number of allylic oxidation sites excluding steroid dienone is 1. The molecule has 1 heterocycles. The summed E-state index contributed by atoms with van der Waals surface area (Å²) in [5.41, 5.74) is 0.369. The van der Waals surface area contributed by atoms with E-state index in [0.29, 0.717) is 16.8 Å². The van der Waals surface area contributed by atoms with Crippen LogP contribution in [0.1, 0.15) is 27.2 Å². The van der Waals surface area contributed by atoms with E-state index in [4.69, 9.17) is 5.11 Å². The molecule has 8 nitrogen and oxygen atoms in total. The average Bonchev–Trinajstić information content (AvgIpc) is 2.56. The van der Waals surface area contributed by atoms with Gasteiger partial charge in [0.05, 0.1) is 5.75 Å². The summed E-state index contributed by atoms with van der Waals surface area (Å²) in [7, 11) is -2.33. The normalized spacial score (nSPS) is 11.6. The lowest BCUT2D eigenvalue weighted by atomic mass is 10.1. The summed E-state index contributed by atoms with van der Waals surface area (Å²) in [6, 6.07) is 7.52. The van der Waals surface area contributed by atoms with E-state index in [1.54, 1.807) is 19.1 Å². The number of nitrogens with zero attached hydrogens (tertiary/aromatic N) is 1. The van der Waals surface area contributed by atoms with Crippen LogP contribution in [0.15, 0.2) is 41.2 Å². The molecule has 1 aromatic heterocycles. The molecule has 0 fully saturated rings. The van der Waals surface area contributed by atoms with Crippen molar-refractivity contribution in [2.45, 2.75) is 12.7 Å². The zero-order valence-electron chi connectivity index (χ0n) is 15.2. The highest BCUT2D eigenvalue weighted by Gasteiger charge is 2.17. The predicted molar refractivity (Wildman–Crippen MR) is 103 cm³/mol. The van der Waals surface area contributed by atoms with E-state index < -0.39 is 44.4 Å². The van der Waals surface area contributed by atoms with Gasteiger partial charge in [0, 0.05) is 18.8 Å². The summed E-state index contributed by atoms with van der Waals surface area (Å²) in [5.74, 6) is -3.96. The average molecular weight is 405 g/mol. The third-order valence-corrected chi connectivity index (χ3v) is 5.46. The fraction of sp³-hybridized carbons (Fsp3) is 0.211. The summed E-state index contributed by atoms with van der Waals surface area (Å²) in [6.07, 6.45) is 2.49. The van der Waals surface area contributed by atoms with Gasteiger partial charge in [0.1, 0.15) is 17.1 Å². The van der Waals surface area contributed by atoms with Crippen molar-refractivity contribution in [1.29, 1.82) is 0 Å². The van der Waals surface area contributed by atoms with Crippen molar-refractivity contribution >= 4 is 27.7 Å². The van der Waals surface area contributed by atoms with Crippen molar-refractivity contribution in [3.05, 3.63) is 69.1 Å². The van der Waals surface area contributed by atoms with Crippen molar-refractivity contribution in [2.75, 3.05) is 5.75 Å². The zero-order chi connectivity index (χ0) is 21.1. The van der Waals surface area contributed by atoms with E-state index in [9.17, 15) is 27.9 Å². The predicted octanol–water partition coefficient (Wildman–Crippen LogP) is 1.29. The van der Waals surface area contributed by atoms with Crippen molar-refractivity contribution < 1.29 is 28.2 Å². The van der Waals surface area contributed by atoms with Gasteiger partial charge in [-0.1, -0.05) is 30.3 Å². The molecular weight excluding hydrogens is 386 g/mol. The van der Waals surface area contributed by atoms with Crippen LogP contribution >= 0.6 is 0 Å². The second kappa shape index (κ2) is 8.22. The number of aryl methyl sites for hydroxylation is 1. The number of carboxylic acids is 1. The number of rotatable bonds is 7. The number of hydrogen-bond acceptors (Lipinski definition) is 6. The molecule has 0 aliphatic carbocycles. The maximum Gasteiger partial charge on any atom is 0.318 e. The lowest BCUT2D eigenvalue weighted by molar-refractivity contribution is -0.134. The first kappa shape index (κ1) is 21.1. The molecule has 0 unspecified atom stereocenters. The van der Waals surface area contributed by atoms with Gasteiger partial charge in [0.15, 0.2) is 15.6 Å². The van der Waals surface area contributed by atoms with E-state index in [0.717, 1.165) is 6.08 Å². The Morgan fingerprint density at radius 3 is 2.54 bits per heavy atom. The van der Waals surface area contributed by atoms with Gasteiger partial charge >= 0.3 is 5.97 Å². The molecule has 0 spiro atoms. The number of aromatic nitrogens is 1. The third kappa shape index (κ3) is 5.17. The molecule has 1 aromatic carbocycles. The number of carbonyl (C=O) groups excluding carboxylic acids is 1. The van der Waals surface area contributed by atoms with Gasteiger partial charge in [-0.05, 0) is 24.1 Å². The molecule has 0 atom stereocenters. The highest BCUT2D eigenvalue weighted by molar-refractivity contribution is 7.91. The van der Waals surface area contributed by atoms with Crippen LogP contribution in [-0.4, -0.2) is 40.7 Å². The molecule has 2 rings (SSSR count). The number of aliphatic carboxylic acids is 1. The Morgan fingerprint density at radius 2 is 1.89 bits per heavy atom. The Hall–Kier alpha value is -3.20. The number of carbonyl (C=O) groups is 2. The van der Waals surface area contributed by atoms with Crippen LogP contribution in [-0.2, 0) is 27.4 Å². The van der Waals surface area contributed by atoms with E-state index in [-0.39, 0.29) is 5.56 Å². The molecule has 28 heavy (non-hydrogen) atoms. The quantitative estimate of drug-likeness (QED) is 0.524. The number of pyridine rings is 1. The number of hydrogen-bond donors (Lipinski definition) is 2. The largest absolute Gasteiger partial charge is 0.507 e. The van der Waals surface area contributed by atoms with Gasteiger partial charge < -0.3 is 14.8 Å². The number of benzene rings is 1. The van der Waals surface area contributed by atoms with Crippen LogP contribution in [0, 0.1) is 6.92 Å². The number of aromatic hydroxyl groups is 1. The van der Waals surface area contributed by atoms with Crippen LogP contribution in [0.2, 0.25) is 0 Å². The maximum atomic E-state index is 12.3. The van der Waals surface area contributed by atoms with Crippen LogP contribution in [0.3, 0.4) is 0 Å². The molecule has 0 amide bonds. The van der Waals surface area contributed by atoms with Gasteiger partial charge in [-0.3, -0.25) is 14.4 Å². The van der Waals surface area contributed by atoms with Crippen molar-refractivity contribution in [1.82, 2.24) is 4.57 Å². The first-order valence-electron chi connectivity index (χ1n) is 8.13. The molecule has 2 N–H and O–H groups in total. The first-order valence-corrected chi connectivity index (χ1v) is 9.95. The SMILES string of the molecule is Cc1cc(O)c(C(=O)C=Cc2cccc(CS(=O)(=O)CC(=O)O)c2)c(=O)n1C. The fourth-order valence-corrected chi connectivity index (χ4v) is 3.74. The second-order valence-electron chi connectivity index (χ2n) is 6.28. The Morgan fingerprint density at radius 1 is 1.21 bits per heavy atom. The van der Waals surface area contributed by atoms with Crippen molar-refractivity contribution in [3.63, 3.8) is 0 Å². The third-order valence-electron chi connectivity index (χ3n) is 4.00. The topological polar surface area (TPSA) is 131 Å². The Labute approximate surface area is 161 Å². The molecule has 0 saturated heterocycles. The lowest BCUT2D eigenvalue weighted by Crippen LogP contribution is -2.25. The fourth-order valence-electron chi connectivity index (χ4n) is 2.57. The summed E-state index contributed by atoms with van der Waals surface area (Å²) in [6.45, 7) is 1.62. The minimum absolute atomic E-state index is 0.357. The second-order valence-corrected chi connectivity index (χ2v) is 8.34. The summed E-state index contributed by atoms with van der Waals surface area (Å²) >= 11 is 0. The van der Waals surface area contributed by atoms with E-state index in [1.165, 1.54) is 35.9 Å². The molecule has 0 bridgehead atoms. The standard InChI is InChI=1S/C19H19NO7S/c1-12-8-16(22)18(19(25)20(12)2)15(21)7-6-13-4-3-5-14(9-13)10-28(26,27)11-17(23)24/h3-9,22H,10-11H2,1-2H3,(H,23,24). The number of sulfone groups is 1. The molecule has 0 aliphatic heterocycles. The molecular formula is C19H19NO7S. The minimum atomic E-state index is -3.81. The number of ketones is 1. The molecule has 0 radical (unpaired) electrons. The molecule has 148 valence electrons. The summed E-state index contributed by atoms with van der Waals surface area (Å²) in [5, 5.41) is 18.6. The summed E-state index contributed by atoms with van der Waals surface area (Å²) in [4.78, 5) is 35.1. The van der Waals surface area contributed by atoms with Gasteiger partial charge in [-0.15, -0.1) is 0 Å². The monoisotopic (exact) mass is 405 g/mol. The highest BCUT2D eigenvalue weighted by Crippen LogP contribution is 2.16. The van der Waals surface area contributed by atoms with E-state index in [1.807, 2.05) is 0 Å². The van der Waals surface area contributed by atoms with Crippen LogP contribution in [0.25, 0.3) is 6.08 Å². The van der Waals surface area contributed by atoms with E-state index >= 15 is 0 Å². The molecule has 0 aliphatic rings. The van der Waals surface area contributed by atoms with Crippen LogP contribution in [0.4, 0.5) is 0 Å². The number of carboxylic acid groups (broad SMARTS) is 1. The van der Waals surface area contributed by atoms with Gasteiger partial charge in [-0.25, -0.2) is 8.42 Å². The summed E-state index contributed by atoms with van der Waals surface area (Å²) < 4.78 is 24.8. The Balaban J connectivity index is 2.26. The Bertz CT molecular complexity index is 1130. The first-order chi connectivity index (χ1) is 13.0. The zero-order valence-corrected chi connectivity index (χ0v) is 16.1. The van der Waals surface area contributed by atoms with Gasteiger partial charge in [0.25, 0.3) is 5.56 Å². The van der Waals surface area contributed by atoms with Gasteiger partial charge in [-0.2, -0.15) is 0 Å². The van der Waals surface area contributed by atoms with Crippen molar-refractivity contribution in [2.24, 2.45) is 7.05 Å².